The average molecular weight is 403 g/mol. The monoisotopic (exact) mass is 402 g/mol. The molecule has 27 heavy (non-hydrogen) atoms. The van der Waals surface area contributed by atoms with Crippen LogP contribution in [0, 0.1) is 18.3 Å². The zero-order valence-corrected chi connectivity index (χ0v) is 15.9. The van der Waals surface area contributed by atoms with Crippen molar-refractivity contribution in [3.8, 4) is 11.8 Å². The van der Waals surface area contributed by atoms with E-state index in [1.807, 2.05) is 25.1 Å². The molecule has 0 aliphatic carbocycles. The number of carbonyl (C=O) groups excluding carboxylic acids is 2. The zero-order chi connectivity index (χ0) is 19.4. The predicted octanol–water partition coefficient (Wildman–Crippen LogP) is 3.24. The van der Waals surface area contributed by atoms with Crippen molar-refractivity contribution in [2.75, 3.05) is 13.2 Å². The van der Waals surface area contributed by atoms with Crippen molar-refractivity contribution in [1.82, 2.24) is 15.1 Å². The second kappa shape index (κ2) is 8.20. The molecule has 3 aromatic rings. The van der Waals surface area contributed by atoms with E-state index in [-0.39, 0.29) is 13.0 Å². The van der Waals surface area contributed by atoms with Gasteiger partial charge in [-0.1, -0.05) is 17.7 Å². The fourth-order valence-electron chi connectivity index (χ4n) is 2.44. The molecule has 0 saturated carbocycles. The highest BCUT2D eigenvalue weighted by atomic mass is 35.5. The summed E-state index contributed by atoms with van der Waals surface area (Å²) in [6, 6.07) is 10.9. The highest BCUT2D eigenvalue weighted by Gasteiger charge is 2.19. The largest absolute Gasteiger partial charge is 0.451 e. The van der Waals surface area contributed by atoms with Gasteiger partial charge in [0.15, 0.2) is 6.61 Å². The van der Waals surface area contributed by atoms with Crippen LogP contribution in [0.5, 0.6) is 0 Å². The van der Waals surface area contributed by atoms with Crippen molar-refractivity contribution < 1.29 is 14.3 Å². The van der Waals surface area contributed by atoms with Crippen LogP contribution in [0.1, 0.15) is 21.8 Å². The molecule has 0 atom stereocenters. The molecule has 0 spiro atoms. The van der Waals surface area contributed by atoms with E-state index >= 15 is 0 Å². The Morgan fingerprint density at radius 1 is 1.41 bits per heavy atom. The SMILES string of the molecule is Cc1nn(-c2cccc(Cl)c2)c2sc(C(=O)OCC(=O)NCCC#N)cc12. The summed E-state index contributed by atoms with van der Waals surface area (Å²) < 4.78 is 6.78. The van der Waals surface area contributed by atoms with Crippen LogP contribution in [0.3, 0.4) is 0 Å². The van der Waals surface area contributed by atoms with Gasteiger partial charge in [-0.15, -0.1) is 11.3 Å². The van der Waals surface area contributed by atoms with Crippen molar-refractivity contribution in [2.24, 2.45) is 0 Å². The normalized spacial score (nSPS) is 10.6. The summed E-state index contributed by atoms with van der Waals surface area (Å²) in [5, 5.41) is 16.9. The molecular weight excluding hydrogens is 388 g/mol. The van der Waals surface area contributed by atoms with Gasteiger partial charge in [-0.2, -0.15) is 10.4 Å². The Kier molecular flexibility index (Phi) is 5.74. The van der Waals surface area contributed by atoms with E-state index in [4.69, 9.17) is 21.6 Å². The maximum atomic E-state index is 12.3. The van der Waals surface area contributed by atoms with Crippen molar-refractivity contribution in [2.45, 2.75) is 13.3 Å². The number of ether oxygens (including phenoxy) is 1. The van der Waals surface area contributed by atoms with Crippen LogP contribution in [0.15, 0.2) is 30.3 Å². The van der Waals surface area contributed by atoms with Gasteiger partial charge in [0.05, 0.1) is 23.9 Å². The topological polar surface area (TPSA) is 97.0 Å². The lowest BCUT2D eigenvalue weighted by molar-refractivity contribution is -0.124. The molecule has 0 aliphatic rings. The summed E-state index contributed by atoms with van der Waals surface area (Å²) in [5.41, 5.74) is 1.56. The molecule has 2 heterocycles. The van der Waals surface area contributed by atoms with Crippen LogP contribution in [-0.4, -0.2) is 34.8 Å². The predicted molar refractivity (Wildman–Crippen MR) is 102 cm³/mol. The van der Waals surface area contributed by atoms with Crippen molar-refractivity contribution in [3.05, 3.63) is 45.9 Å². The van der Waals surface area contributed by atoms with Gasteiger partial charge in [-0.25, -0.2) is 9.48 Å². The second-order valence-corrected chi connectivity index (χ2v) is 7.11. The number of nitrogens with one attached hydrogen (secondary N) is 1. The number of amides is 1. The highest BCUT2D eigenvalue weighted by molar-refractivity contribution is 7.20. The Morgan fingerprint density at radius 3 is 2.96 bits per heavy atom. The van der Waals surface area contributed by atoms with E-state index in [9.17, 15) is 9.59 Å². The number of halogens is 1. The number of nitrogens with zero attached hydrogens (tertiary/aromatic N) is 3. The summed E-state index contributed by atoms with van der Waals surface area (Å²) in [5.74, 6) is -1.02. The summed E-state index contributed by atoms with van der Waals surface area (Å²) in [4.78, 5) is 25.0. The van der Waals surface area contributed by atoms with Crippen LogP contribution in [0.2, 0.25) is 5.02 Å². The third-order valence-corrected chi connectivity index (χ3v) is 5.02. The molecule has 0 bridgehead atoms. The van der Waals surface area contributed by atoms with Gasteiger partial charge in [-0.3, -0.25) is 4.79 Å². The molecule has 1 aromatic carbocycles. The third kappa shape index (κ3) is 4.27. The van der Waals surface area contributed by atoms with Gasteiger partial charge in [0.1, 0.15) is 9.71 Å². The number of esters is 1. The molecule has 0 aliphatic heterocycles. The number of benzene rings is 1. The minimum Gasteiger partial charge on any atom is -0.451 e. The Labute approximate surface area is 164 Å². The fourth-order valence-corrected chi connectivity index (χ4v) is 3.70. The van der Waals surface area contributed by atoms with Crippen LogP contribution in [0.25, 0.3) is 15.9 Å². The molecule has 3 rings (SSSR count). The maximum Gasteiger partial charge on any atom is 0.348 e. The number of fused-ring (bicyclic) bond motifs is 1. The lowest BCUT2D eigenvalue weighted by atomic mass is 10.3. The van der Waals surface area contributed by atoms with E-state index in [0.717, 1.165) is 21.6 Å². The van der Waals surface area contributed by atoms with Crippen molar-refractivity contribution in [1.29, 1.82) is 5.26 Å². The molecule has 0 unspecified atom stereocenters. The number of aromatic nitrogens is 2. The maximum absolute atomic E-state index is 12.3. The van der Waals surface area contributed by atoms with Crippen LogP contribution in [0.4, 0.5) is 0 Å². The average Bonchev–Trinajstić information content (AvgIpc) is 3.21. The Morgan fingerprint density at radius 2 is 2.22 bits per heavy atom. The van der Waals surface area contributed by atoms with Gasteiger partial charge >= 0.3 is 5.97 Å². The third-order valence-electron chi connectivity index (χ3n) is 3.69. The number of hydrogen-bond acceptors (Lipinski definition) is 6. The minimum absolute atomic E-state index is 0.204. The Hall–Kier alpha value is -2.89. The lowest BCUT2D eigenvalue weighted by Gasteiger charge is -2.04. The first kappa shape index (κ1) is 18.9. The molecule has 0 saturated heterocycles. The zero-order valence-electron chi connectivity index (χ0n) is 14.4. The molecule has 7 nitrogen and oxygen atoms in total. The lowest BCUT2D eigenvalue weighted by Crippen LogP contribution is -2.29. The number of nitriles is 1. The Balaban J connectivity index is 1.77. The standard InChI is InChI=1S/C18H15ClN4O3S/c1-11-14-9-15(18(25)26-10-16(24)21-7-3-6-20)27-17(14)23(22-11)13-5-2-4-12(19)8-13/h2,4-5,8-9H,3,7,10H2,1H3,(H,21,24). The van der Waals surface area contributed by atoms with Gasteiger partial charge < -0.3 is 10.1 Å². The smallest absolute Gasteiger partial charge is 0.348 e. The van der Waals surface area contributed by atoms with Crippen LogP contribution >= 0.6 is 22.9 Å². The molecule has 9 heteroatoms. The molecule has 2 aromatic heterocycles. The van der Waals surface area contributed by atoms with E-state index < -0.39 is 18.5 Å². The summed E-state index contributed by atoms with van der Waals surface area (Å²) in [7, 11) is 0. The number of carbonyl (C=O) groups is 2. The first-order valence-corrected chi connectivity index (χ1v) is 9.25. The Bertz CT molecular complexity index is 1050. The van der Waals surface area contributed by atoms with Gasteiger partial charge in [0, 0.05) is 17.0 Å². The number of rotatable bonds is 6. The van der Waals surface area contributed by atoms with Crippen molar-refractivity contribution >= 4 is 45.0 Å². The number of aryl methyl sites for hydroxylation is 1. The van der Waals surface area contributed by atoms with E-state index in [0.29, 0.717) is 9.90 Å². The molecule has 138 valence electrons. The van der Waals surface area contributed by atoms with Crippen LogP contribution < -0.4 is 5.32 Å². The minimum atomic E-state index is -0.580. The highest BCUT2D eigenvalue weighted by Crippen LogP contribution is 2.31. The van der Waals surface area contributed by atoms with Crippen LogP contribution in [-0.2, 0) is 9.53 Å². The van der Waals surface area contributed by atoms with E-state index in [1.165, 1.54) is 11.3 Å². The van der Waals surface area contributed by atoms with Gasteiger partial charge in [0.25, 0.3) is 5.91 Å². The summed E-state index contributed by atoms with van der Waals surface area (Å²) in [6.07, 6.45) is 0.204. The van der Waals surface area contributed by atoms with Crippen molar-refractivity contribution in [3.63, 3.8) is 0 Å². The first-order valence-electron chi connectivity index (χ1n) is 8.05. The number of thiophene rings is 1. The molecule has 1 amide bonds. The second-order valence-electron chi connectivity index (χ2n) is 5.64. The fraction of sp³-hybridized carbons (Fsp3) is 0.222. The molecule has 0 radical (unpaired) electrons. The summed E-state index contributed by atoms with van der Waals surface area (Å²) in [6.45, 7) is 1.69. The molecule has 0 fully saturated rings. The van der Waals surface area contributed by atoms with E-state index in [2.05, 4.69) is 10.4 Å². The molecular formula is C18H15ClN4O3S. The van der Waals surface area contributed by atoms with E-state index in [1.54, 1.807) is 22.9 Å². The number of hydrogen-bond donors (Lipinski definition) is 1. The van der Waals surface area contributed by atoms with Gasteiger partial charge in [0.2, 0.25) is 0 Å². The van der Waals surface area contributed by atoms with Gasteiger partial charge in [-0.05, 0) is 31.2 Å². The summed E-state index contributed by atoms with van der Waals surface area (Å²) >= 11 is 7.29. The molecule has 1 N–H and O–H groups in total. The quantitative estimate of drug-likeness (QED) is 0.504. The first-order chi connectivity index (χ1) is 13.0.